The molecule has 3 heteroatoms. The van der Waals surface area contributed by atoms with Crippen molar-refractivity contribution in [1.29, 1.82) is 0 Å². The Bertz CT molecular complexity index is 344. The molecule has 0 bridgehead atoms. The van der Waals surface area contributed by atoms with Crippen LogP contribution in [0.3, 0.4) is 0 Å². The number of ketones is 1. The first-order valence-corrected chi connectivity index (χ1v) is 7.80. The van der Waals surface area contributed by atoms with Gasteiger partial charge in [0.1, 0.15) is 11.7 Å². The van der Waals surface area contributed by atoms with Crippen molar-refractivity contribution in [3.05, 3.63) is 0 Å². The Kier molecular flexibility index (Phi) is 5.79. The SMILES string of the molecule is COC(=O)C(C(=O)C1CCC(C(C)(C)C)CC1)C(C)C. The minimum absolute atomic E-state index is 0.00953. The van der Waals surface area contributed by atoms with Crippen LogP contribution in [0, 0.1) is 29.1 Å². The minimum Gasteiger partial charge on any atom is -0.468 e. The third-order valence-corrected chi connectivity index (χ3v) is 4.78. The summed E-state index contributed by atoms with van der Waals surface area (Å²) in [5.74, 6) is -0.129. The standard InChI is InChI=1S/C17H30O3/c1-11(2)14(16(19)20-6)15(18)12-7-9-13(10-8-12)17(3,4)5/h11-14H,7-10H2,1-6H3. The third kappa shape index (κ3) is 4.07. The Morgan fingerprint density at radius 3 is 1.90 bits per heavy atom. The molecule has 0 aliphatic heterocycles. The number of ether oxygens (including phenoxy) is 1. The van der Waals surface area contributed by atoms with Crippen LogP contribution in [0.5, 0.6) is 0 Å². The summed E-state index contributed by atoms with van der Waals surface area (Å²) < 4.78 is 4.80. The van der Waals surface area contributed by atoms with Crippen LogP contribution in [-0.2, 0) is 14.3 Å². The van der Waals surface area contributed by atoms with E-state index in [0.29, 0.717) is 11.3 Å². The maximum atomic E-state index is 12.6. The van der Waals surface area contributed by atoms with Gasteiger partial charge in [0.05, 0.1) is 7.11 Å². The predicted molar refractivity (Wildman–Crippen MR) is 80.3 cm³/mol. The van der Waals surface area contributed by atoms with Crippen molar-refractivity contribution in [2.45, 2.75) is 60.3 Å². The average molecular weight is 282 g/mol. The van der Waals surface area contributed by atoms with E-state index in [-0.39, 0.29) is 23.6 Å². The molecule has 0 spiro atoms. The van der Waals surface area contributed by atoms with E-state index in [1.165, 1.54) is 7.11 Å². The lowest BCUT2D eigenvalue weighted by Crippen LogP contribution is -2.37. The van der Waals surface area contributed by atoms with Gasteiger partial charge in [-0.1, -0.05) is 34.6 Å². The molecular formula is C17H30O3. The van der Waals surface area contributed by atoms with Crippen LogP contribution in [0.15, 0.2) is 0 Å². The van der Waals surface area contributed by atoms with Gasteiger partial charge in [0, 0.05) is 5.92 Å². The van der Waals surface area contributed by atoms with E-state index in [4.69, 9.17) is 4.74 Å². The van der Waals surface area contributed by atoms with E-state index in [0.717, 1.165) is 25.7 Å². The second-order valence-electron chi connectivity index (χ2n) is 7.56. The largest absolute Gasteiger partial charge is 0.468 e. The van der Waals surface area contributed by atoms with Gasteiger partial charge < -0.3 is 4.74 Å². The number of hydrogen-bond donors (Lipinski definition) is 0. The van der Waals surface area contributed by atoms with Gasteiger partial charge in [-0.05, 0) is 42.9 Å². The summed E-state index contributed by atoms with van der Waals surface area (Å²) in [4.78, 5) is 24.4. The summed E-state index contributed by atoms with van der Waals surface area (Å²) in [6.07, 6.45) is 4.01. The zero-order valence-corrected chi connectivity index (χ0v) is 13.9. The van der Waals surface area contributed by atoms with Crippen LogP contribution in [-0.4, -0.2) is 18.9 Å². The molecule has 1 aliphatic carbocycles. The maximum Gasteiger partial charge on any atom is 0.316 e. The summed E-state index contributed by atoms with van der Waals surface area (Å²) in [6, 6.07) is 0. The molecule has 116 valence electrons. The van der Waals surface area contributed by atoms with Crippen LogP contribution in [0.4, 0.5) is 0 Å². The fourth-order valence-electron chi connectivity index (χ4n) is 3.34. The topological polar surface area (TPSA) is 43.4 Å². The van der Waals surface area contributed by atoms with Crippen LogP contribution < -0.4 is 0 Å². The van der Waals surface area contributed by atoms with Crippen molar-refractivity contribution >= 4 is 11.8 Å². The molecule has 20 heavy (non-hydrogen) atoms. The van der Waals surface area contributed by atoms with E-state index in [2.05, 4.69) is 20.8 Å². The average Bonchev–Trinajstić information content (AvgIpc) is 2.37. The summed E-state index contributed by atoms with van der Waals surface area (Å²) in [7, 11) is 1.36. The molecule has 3 nitrogen and oxygen atoms in total. The highest BCUT2D eigenvalue weighted by atomic mass is 16.5. The van der Waals surface area contributed by atoms with E-state index in [1.54, 1.807) is 0 Å². The summed E-state index contributed by atoms with van der Waals surface area (Å²) >= 11 is 0. The van der Waals surface area contributed by atoms with Gasteiger partial charge >= 0.3 is 5.97 Å². The first kappa shape index (κ1) is 17.2. The second kappa shape index (κ2) is 6.73. The maximum absolute atomic E-state index is 12.6. The highest BCUT2D eigenvalue weighted by Crippen LogP contribution is 2.41. The molecule has 0 saturated heterocycles. The lowest BCUT2D eigenvalue weighted by atomic mass is 9.67. The molecule has 1 fully saturated rings. The molecule has 1 rings (SSSR count). The number of methoxy groups -OCH3 is 1. The van der Waals surface area contributed by atoms with Crippen molar-refractivity contribution in [2.75, 3.05) is 7.11 Å². The normalized spacial score (nSPS) is 25.4. The highest BCUT2D eigenvalue weighted by Gasteiger charge is 2.38. The first-order chi connectivity index (χ1) is 9.18. The molecule has 1 atom stereocenters. The van der Waals surface area contributed by atoms with Crippen molar-refractivity contribution in [3.8, 4) is 0 Å². The number of rotatable bonds is 4. The lowest BCUT2D eigenvalue weighted by Gasteiger charge is -2.37. The molecule has 0 radical (unpaired) electrons. The molecule has 1 unspecified atom stereocenters. The lowest BCUT2D eigenvalue weighted by molar-refractivity contribution is -0.153. The van der Waals surface area contributed by atoms with Crippen molar-refractivity contribution in [3.63, 3.8) is 0 Å². The number of Topliss-reactive ketones (excluding diaryl/α,β-unsaturated/α-hetero) is 1. The molecule has 0 aromatic carbocycles. The fourth-order valence-corrected chi connectivity index (χ4v) is 3.34. The number of carbonyl (C=O) groups is 2. The molecule has 0 amide bonds. The number of hydrogen-bond acceptors (Lipinski definition) is 3. The van der Waals surface area contributed by atoms with Crippen LogP contribution >= 0.6 is 0 Å². The van der Waals surface area contributed by atoms with E-state index in [1.807, 2.05) is 13.8 Å². The molecule has 0 aromatic heterocycles. The van der Waals surface area contributed by atoms with Gasteiger partial charge in [-0.15, -0.1) is 0 Å². The van der Waals surface area contributed by atoms with E-state index >= 15 is 0 Å². The zero-order chi connectivity index (χ0) is 15.5. The molecule has 0 N–H and O–H groups in total. The quantitative estimate of drug-likeness (QED) is 0.581. The van der Waals surface area contributed by atoms with Crippen molar-refractivity contribution < 1.29 is 14.3 Å². The van der Waals surface area contributed by atoms with Crippen LogP contribution in [0.25, 0.3) is 0 Å². The summed E-state index contributed by atoms with van der Waals surface area (Å²) in [5, 5.41) is 0. The number of esters is 1. The Hall–Kier alpha value is -0.860. The predicted octanol–water partition coefficient (Wildman–Crippen LogP) is 3.85. The van der Waals surface area contributed by atoms with Gasteiger partial charge in [-0.25, -0.2) is 0 Å². The summed E-state index contributed by atoms with van der Waals surface area (Å²) in [5.41, 5.74) is 0.313. The van der Waals surface area contributed by atoms with Crippen molar-refractivity contribution in [2.24, 2.45) is 29.1 Å². The highest BCUT2D eigenvalue weighted by molar-refractivity contribution is 6.00. The number of carbonyl (C=O) groups excluding carboxylic acids is 2. The van der Waals surface area contributed by atoms with Gasteiger partial charge in [0.15, 0.2) is 0 Å². The molecule has 1 saturated carbocycles. The Morgan fingerprint density at radius 2 is 1.55 bits per heavy atom. The van der Waals surface area contributed by atoms with Crippen LogP contribution in [0.1, 0.15) is 60.3 Å². The fraction of sp³-hybridized carbons (Fsp3) is 0.882. The molecule has 0 heterocycles. The van der Waals surface area contributed by atoms with Gasteiger partial charge in [0.25, 0.3) is 0 Å². The second-order valence-corrected chi connectivity index (χ2v) is 7.56. The Labute approximate surface area is 123 Å². The first-order valence-electron chi connectivity index (χ1n) is 7.80. The minimum atomic E-state index is -0.587. The van der Waals surface area contributed by atoms with Crippen molar-refractivity contribution in [1.82, 2.24) is 0 Å². The van der Waals surface area contributed by atoms with Crippen LogP contribution in [0.2, 0.25) is 0 Å². The van der Waals surface area contributed by atoms with Gasteiger partial charge in [0.2, 0.25) is 0 Å². The molecular weight excluding hydrogens is 252 g/mol. The van der Waals surface area contributed by atoms with E-state index < -0.39 is 5.92 Å². The van der Waals surface area contributed by atoms with E-state index in [9.17, 15) is 9.59 Å². The summed E-state index contributed by atoms with van der Waals surface area (Å²) in [6.45, 7) is 10.6. The molecule has 0 aromatic rings. The monoisotopic (exact) mass is 282 g/mol. The smallest absolute Gasteiger partial charge is 0.316 e. The Morgan fingerprint density at radius 1 is 1.05 bits per heavy atom. The Balaban J connectivity index is 2.68. The van der Waals surface area contributed by atoms with Gasteiger partial charge in [-0.2, -0.15) is 0 Å². The van der Waals surface area contributed by atoms with Gasteiger partial charge in [-0.3, -0.25) is 9.59 Å². The zero-order valence-electron chi connectivity index (χ0n) is 13.9. The third-order valence-electron chi connectivity index (χ3n) is 4.78. The molecule has 1 aliphatic rings.